The molecule has 0 aliphatic carbocycles. The minimum atomic E-state index is -0.297. The van der Waals surface area contributed by atoms with Gasteiger partial charge < -0.3 is 19.3 Å². The predicted octanol–water partition coefficient (Wildman–Crippen LogP) is -0.0776. The van der Waals surface area contributed by atoms with Gasteiger partial charge in [-0.1, -0.05) is 0 Å². The van der Waals surface area contributed by atoms with Crippen LogP contribution in [0.2, 0.25) is 0 Å². The molecule has 0 bridgehead atoms. The molecule has 0 N–H and O–H groups in total. The lowest BCUT2D eigenvalue weighted by Crippen LogP contribution is -2.37. The fourth-order valence-electron chi connectivity index (χ4n) is 1.85. The van der Waals surface area contributed by atoms with Crippen molar-refractivity contribution in [2.24, 2.45) is 0 Å². The Bertz CT molecular complexity index is 435. The molecule has 1 fully saturated rings. The summed E-state index contributed by atoms with van der Waals surface area (Å²) in [5.74, 6) is 1.25. The van der Waals surface area contributed by atoms with Crippen molar-refractivity contribution in [3.63, 3.8) is 0 Å². The summed E-state index contributed by atoms with van der Waals surface area (Å²) in [6.45, 7) is 3.21. The van der Waals surface area contributed by atoms with Crippen LogP contribution >= 0.6 is 0 Å². The fraction of sp³-hybridized carbons (Fsp3) is 0.583. The topological polar surface area (TPSA) is 67.8 Å². The maximum absolute atomic E-state index is 11.2. The third kappa shape index (κ3) is 3.54. The predicted molar refractivity (Wildman–Crippen MR) is 70.4 cm³/mol. The largest absolute Gasteiger partial charge is 0.468 e. The zero-order valence-electron chi connectivity index (χ0n) is 11.2. The van der Waals surface area contributed by atoms with Crippen molar-refractivity contribution in [3.8, 4) is 0 Å². The van der Waals surface area contributed by atoms with Gasteiger partial charge in [0.15, 0.2) is 0 Å². The number of nitrogens with zero attached hydrogens (tertiary/aromatic N) is 4. The molecule has 0 aromatic carbocycles. The van der Waals surface area contributed by atoms with Gasteiger partial charge in [-0.05, 0) is 0 Å². The summed E-state index contributed by atoms with van der Waals surface area (Å²) in [6, 6.07) is 1.87. The van der Waals surface area contributed by atoms with Gasteiger partial charge >= 0.3 is 5.97 Å². The molecule has 7 heteroatoms. The van der Waals surface area contributed by atoms with Crippen LogP contribution < -0.4 is 9.80 Å². The SMILES string of the molecule is COC(=O)CN(C)c1cc(N2CCOCC2)ncn1. The lowest BCUT2D eigenvalue weighted by atomic mass is 10.4. The summed E-state index contributed by atoms with van der Waals surface area (Å²) < 4.78 is 9.95. The Morgan fingerprint density at radius 3 is 2.89 bits per heavy atom. The smallest absolute Gasteiger partial charge is 0.325 e. The van der Waals surface area contributed by atoms with Crippen LogP contribution in [0.25, 0.3) is 0 Å². The molecule has 1 aromatic heterocycles. The molecule has 1 aliphatic heterocycles. The highest BCUT2D eigenvalue weighted by molar-refractivity contribution is 5.75. The first-order valence-corrected chi connectivity index (χ1v) is 6.13. The number of ether oxygens (including phenoxy) is 2. The van der Waals surface area contributed by atoms with E-state index in [1.807, 2.05) is 6.07 Å². The second kappa shape index (κ2) is 6.33. The maximum Gasteiger partial charge on any atom is 0.325 e. The van der Waals surface area contributed by atoms with Gasteiger partial charge in [0.2, 0.25) is 0 Å². The molecular weight excluding hydrogens is 248 g/mol. The second-order valence-corrected chi connectivity index (χ2v) is 4.27. The van der Waals surface area contributed by atoms with Crippen molar-refractivity contribution in [1.29, 1.82) is 0 Å². The molecular formula is C12H18N4O3. The molecule has 0 unspecified atom stereocenters. The Kier molecular flexibility index (Phi) is 4.51. The average molecular weight is 266 g/mol. The standard InChI is InChI=1S/C12H18N4O3/c1-15(8-12(17)18-2)10-7-11(14-9-13-10)16-3-5-19-6-4-16/h7,9H,3-6,8H2,1-2H3. The first-order valence-electron chi connectivity index (χ1n) is 6.13. The monoisotopic (exact) mass is 266 g/mol. The van der Waals surface area contributed by atoms with Crippen molar-refractivity contribution in [3.05, 3.63) is 12.4 Å². The molecule has 1 aromatic rings. The van der Waals surface area contributed by atoms with Crippen molar-refractivity contribution >= 4 is 17.6 Å². The summed E-state index contributed by atoms with van der Waals surface area (Å²) in [6.07, 6.45) is 1.51. The number of anilines is 2. The van der Waals surface area contributed by atoms with Crippen molar-refractivity contribution < 1.29 is 14.3 Å². The van der Waals surface area contributed by atoms with E-state index in [0.717, 1.165) is 18.9 Å². The Morgan fingerprint density at radius 2 is 2.21 bits per heavy atom. The second-order valence-electron chi connectivity index (χ2n) is 4.27. The van der Waals surface area contributed by atoms with Gasteiger partial charge in [-0.2, -0.15) is 0 Å². The Morgan fingerprint density at radius 1 is 1.47 bits per heavy atom. The normalized spacial score (nSPS) is 15.2. The number of methoxy groups -OCH3 is 1. The van der Waals surface area contributed by atoms with Gasteiger partial charge in [0, 0.05) is 26.2 Å². The van der Waals surface area contributed by atoms with Gasteiger partial charge in [0.05, 0.1) is 20.3 Å². The zero-order valence-corrected chi connectivity index (χ0v) is 11.2. The first-order chi connectivity index (χ1) is 9.20. The average Bonchev–Trinajstić information content (AvgIpc) is 2.48. The van der Waals surface area contributed by atoms with E-state index in [4.69, 9.17) is 4.74 Å². The van der Waals surface area contributed by atoms with Crippen LogP contribution in [0.5, 0.6) is 0 Å². The van der Waals surface area contributed by atoms with E-state index in [-0.39, 0.29) is 12.5 Å². The van der Waals surface area contributed by atoms with Gasteiger partial charge in [-0.15, -0.1) is 0 Å². The van der Waals surface area contributed by atoms with E-state index in [9.17, 15) is 4.79 Å². The lowest BCUT2D eigenvalue weighted by Gasteiger charge is -2.28. The van der Waals surface area contributed by atoms with Crippen molar-refractivity contribution in [1.82, 2.24) is 9.97 Å². The quantitative estimate of drug-likeness (QED) is 0.706. The highest BCUT2D eigenvalue weighted by Crippen LogP contribution is 2.17. The van der Waals surface area contributed by atoms with Crippen LogP contribution in [-0.4, -0.2) is 62.9 Å². The number of carbonyl (C=O) groups excluding carboxylic acids is 1. The molecule has 19 heavy (non-hydrogen) atoms. The molecule has 0 radical (unpaired) electrons. The molecule has 0 saturated carbocycles. The number of esters is 1. The maximum atomic E-state index is 11.2. The summed E-state index contributed by atoms with van der Waals surface area (Å²) >= 11 is 0. The van der Waals surface area contributed by atoms with Crippen molar-refractivity contribution in [2.75, 3.05) is 56.8 Å². The third-order valence-corrected chi connectivity index (χ3v) is 2.96. The van der Waals surface area contributed by atoms with Crippen LogP contribution in [0.4, 0.5) is 11.6 Å². The summed E-state index contributed by atoms with van der Waals surface area (Å²) in [5.41, 5.74) is 0. The highest BCUT2D eigenvalue weighted by Gasteiger charge is 2.15. The van der Waals surface area contributed by atoms with Crippen LogP contribution in [-0.2, 0) is 14.3 Å². The Labute approximate surface area is 112 Å². The fourth-order valence-corrected chi connectivity index (χ4v) is 1.85. The van der Waals surface area contributed by atoms with E-state index in [1.165, 1.54) is 13.4 Å². The molecule has 2 rings (SSSR count). The Hall–Kier alpha value is -1.89. The zero-order chi connectivity index (χ0) is 13.7. The van der Waals surface area contributed by atoms with Crippen LogP contribution in [0.15, 0.2) is 12.4 Å². The number of morpholine rings is 1. The van der Waals surface area contributed by atoms with E-state index >= 15 is 0 Å². The minimum Gasteiger partial charge on any atom is -0.468 e. The van der Waals surface area contributed by atoms with Crippen molar-refractivity contribution in [2.45, 2.75) is 0 Å². The van der Waals surface area contributed by atoms with Gasteiger partial charge in [-0.3, -0.25) is 4.79 Å². The van der Waals surface area contributed by atoms with Crippen LogP contribution in [0, 0.1) is 0 Å². The number of hydrogen-bond donors (Lipinski definition) is 0. The molecule has 0 atom stereocenters. The van der Waals surface area contributed by atoms with Gasteiger partial charge in [0.1, 0.15) is 24.5 Å². The Balaban J connectivity index is 2.07. The number of carbonyl (C=O) groups is 1. The summed E-state index contributed by atoms with van der Waals surface area (Å²) in [7, 11) is 3.16. The lowest BCUT2D eigenvalue weighted by molar-refractivity contribution is -0.138. The third-order valence-electron chi connectivity index (χ3n) is 2.96. The molecule has 1 aliphatic rings. The first kappa shape index (κ1) is 13.5. The van der Waals surface area contributed by atoms with Crippen LogP contribution in [0.3, 0.4) is 0 Å². The highest BCUT2D eigenvalue weighted by atomic mass is 16.5. The summed E-state index contributed by atoms with van der Waals surface area (Å²) in [4.78, 5) is 23.6. The van der Waals surface area contributed by atoms with E-state index in [1.54, 1.807) is 11.9 Å². The van der Waals surface area contributed by atoms with Gasteiger partial charge in [0.25, 0.3) is 0 Å². The van der Waals surface area contributed by atoms with Gasteiger partial charge in [-0.25, -0.2) is 9.97 Å². The van der Waals surface area contributed by atoms with E-state index in [0.29, 0.717) is 19.0 Å². The minimum absolute atomic E-state index is 0.163. The van der Waals surface area contributed by atoms with E-state index in [2.05, 4.69) is 19.6 Å². The summed E-state index contributed by atoms with van der Waals surface area (Å²) in [5, 5.41) is 0. The van der Waals surface area contributed by atoms with Crippen LogP contribution in [0.1, 0.15) is 0 Å². The number of hydrogen-bond acceptors (Lipinski definition) is 7. The molecule has 1 saturated heterocycles. The molecule has 2 heterocycles. The number of likely N-dealkylation sites (N-methyl/N-ethyl adjacent to an activating group) is 1. The van der Waals surface area contributed by atoms with E-state index < -0.39 is 0 Å². The number of aromatic nitrogens is 2. The molecule has 7 nitrogen and oxygen atoms in total. The molecule has 0 spiro atoms. The number of rotatable bonds is 4. The molecule has 0 amide bonds. The molecule has 104 valence electrons.